The summed E-state index contributed by atoms with van der Waals surface area (Å²) in [4.78, 5) is 30.5. The molecule has 26 heavy (non-hydrogen) atoms. The first-order valence-electron chi connectivity index (χ1n) is 8.51. The molecule has 4 rings (SSSR count). The van der Waals surface area contributed by atoms with Crippen molar-refractivity contribution in [2.24, 2.45) is 18.0 Å². The fourth-order valence-electron chi connectivity index (χ4n) is 3.81. The van der Waals surface area contributed by atoms with E-state index in [9.17, 15) is 9.59 Å². The van der Waals surface area contributed by atoms with Gasteiger partial charge in [0.2, 0.25) is 0 Å². The van der Waals surface area contributed by atoms with Gasteiger partial charge in [-0.1, -0.05) is 28.1 Å². The normalized spacial score (nSPS) is 24.0. The number of benzene rings is 1. The number of hydrogen-bond acceptors (Lipinski definition) is 4. The van der Waals surface area contributed by atoms with Gasteiger partial charge in [-0.2, -0.15) is 0 Å². The lowest BCUT2D eigenvalue weighted by molar-refractivity contribution is -0.144. The summed E-state index contributed by atoms with van der Waals surface area (Å²) < 4.78 is 8.31. The van der Waals surface area contributed by atoms with Gasteiger partial charge < -0.3 is 4.74 Å². The number of aromatic nitrogens is 2. The number of carbonyl (C=O) groups excluding carboxylic acids is 1. The highest BCUT2D eigenvalue weighted by molar-refractivity contribution is 9.10. The van der Waals surface area contributed by atoms with Crippen molar-refractivity contribution in [2.75, 3.05) is 6.61 Å². The van der Waals surface area contributed by atoms with Gasteiger partial charge in [0.1, 0.15) is 5.60 Å². The van der Waals surface area contributed by atoms with Crippen LogP contribution in [0.1, 0.15) is 36.5 Å². The molecule has 2 atom stereocenters. The average molecular weight is 418 g/mol. The third-order valence-corrected chi connectivity index (χ3v) is 6.19. The Morgan fingerprint density at radius 3 is 2.73 bits per heavy atom. The Balaban J connectivity index is 1.99. The molecule has 0 radical (unpaired) electrons. The van der Waals surface area contributed by atoms with Crippen LogP contribution in [0.4, 0.5) is 5.82 Å². The first kappa shape index (κ1) is 17.4. The van der Waals surface area contributed by atoms with E-state index in [1.807, 2.05) is 25.1 Å². The molecule has 2 aromatic rings. The lowest BCUT2D eigenvalue weighted by Crippen LogP contribution is -2.53. The van der Waals surface area contributed by atoms with Gasteiger partial charge >= 0.3 is 0 Å². The van der Waals surface area contributed by atoms with Crippen LogP contribution in [0.5, 0.6) is 0 Å². The minimum atomic E-state index is -0.900. The monoisotopic (exact) mass is 417 g/mol. The summed E-state index contributed by atoms with van der Waals surface area (Å²) in [6.07, 6.45) is 0. The fraction of sp³-hybridized carbons (Fsp3) is 0.421. The number of rotatable bonds is 1. The smallest absolute Gasteiger partial charge is 0.270 e. The molecule has 2 aliphatic rings. The number of aromatic amines is 1. The van der Waals surface area contributed by atoms with Crippen LogP contribution in [-0.2, 0) is 16.6 Å². The number of hydrogen-bond donors (Lipinski definition) is 1. The molecule has 2 aliphatic heterocycles. The predicted octanol–water partition coefficient (Wildman–Crippen LogP) is 3.00. The second-order valence-electron chi connectivity index (χ2n) is 7.47. The second kappa shape index (κ2) is 5.76. The number of halogens is 1. The average Bonchev–Trinajstić information content (AvgIpc) is 2.86. The minimum Gasteiger partial charge on any atom is -0.362 e. The van der Waals surface area contributed by atoms with Crippen LogP contribution in [0, 0.1) is 12.8 Å². The van der Waals surface area contributed by atoms with Crippen molar-refractivity contribution in [3.05, 3.63) is 49.7 Å². The molecular formula is C19H20BrN3O3. The van der Waals surface area contributed by atoms with Crippen LogP contribution in [-0.4, -0.2) is 33.5 Å². The Hall–Kier alpha value is -1.99. The summed E-state index contributed by atoms with van der Waals surface area (Å²) in [5.41, 5.74) is 2.14. The Morgan fingerprint density at radius 1 is 1.31 bits per heavy atom. The molecule has 0 amide bonds. The fourth-order valence-corrected chi connectivity index (χ4v) is 4.21. The number of nitrogens with one attached hydrogen (secondary N) is 1. The Bertz CT molecular complexity index is 1020. The molecule has 136 valence electrons. The number of Topliss-reactive ketones (excluding diaryl/α,β-unsaturated/α-hetero) is 1. The molecule has 6 nitrogen and oxygen atoms in total. The molecule has 0 aliphatic carbocycles. The van der Waals surface area contributed by atoms with E-state index in [1.165, 1.54) is 0 Å². The molecule has 1 saturated heterocycles. The van der Waals surface area contributed by atoms with Gasteiger partial charge in [-0.3, -0.25) is 19.4 Å². The van der Waals surface area contributed by atoms with Crippen LogP contribution in [0.3, 0.4) is 0 Å². The van der Waals surface area contributed by atoms with Crippen LogP contribution in [0.2, 0.25) is 0 Å². The van der Waals surface area contributed by atoms with E-state index in [0.29, 0.717) is 17.1 Å². The van der Waals surface area contributed by atoms with E-state index in [2.05, 4.69) is 26.0 Å². The number of H-pyrrole nitrogens is 1. The van der Waals surface area contributed by atoms with Crippen molar-refractivity contribution in [1.82, 2.24) is 9.78 Å². The number of aryl methyl sites for hydroxylation is 2. The van der Waals surface area contributed by atoms with Gasteiger partial charge in [-0.05, 0) is 38.0 Å². The van der Waals surface area contributed by atoms with Crippen LogP contribution in [0.25, 0.3) is 0 Å². The standard InChI is InChI=1S/C19H20BrN3O3/c1-9-5-6-10(7-11(9)20)13-14-12(8-26-19(2,3)16(14)24)21-17-15(13)18(25)22-23(17)4/h5-7,13-14H,8H2,1-4H3,(H,22,25). The van der Waals surface area contributed by atoms with E-state index >= 15 is 0 Å². The highest BCUT2D eigenvalue weighted by Gasteiger charge is 2.50. The Labute approximate surface area is 159 Å². The molecule has 7 heteroatoms. The first-order valence-corrected chi connectivity index (χ1v) is 9.30. The molecule has 1 N–H and O–H groups in total. The molecule has 0 saturated carbocycles. The van der Waals surface area contributed by atoms with Crippen molar-refractivity contribution in [3.63, 3.8) is 0 Å². The number of fused-ring (bicyclic) bond motifs is 2. The number of aliphatic imine (C=N–C) groups is 1. The number of ether oxygens (including phenoxy) is 1. The number of carbonyl (C=O) groups is 1. The summed E-state index contributed by atoms with van der Waals surface area (Å²) in [5, 5.41) is 2.78. The van der Waals surface area contributed by atoms with Crippen LogP contribution < -0.4 is 5.56 Å². The predicted molar refractivity (Wildman–Crippen MR) is 102 cm³/mol. The molecule has 0 spiro atoms. The zero-order valence-corrected chi connectivity index (χ0v) is 16.7. The largest absolute Gasteiger partial charge is 0.362 e. The minimum absolute atomic E-state index is 0.0434. The van der Waals surface area contributed by atoms with Crippen molar-refractivity contribution in [3.8, 4) is 0 Å². The molecule has 0 bridgehead atoms. The van der Waals surface area contributed by atoms with E-state index in [4.69, 9.17) is 4.74 Å². The van der Waals surface area contributed by atoms with Crippen LogP contribution >= 0.6 is 15.9 Å². The summed E-state index contributed by atoms with van der Waals surface area (Å²) in [6, 6.07) is 5.98. The van der Waals surface area contributed by atoms with E-state index in [0.717, 1.165) is 15.6 Å². The zero-order valence-electron chi connectivity index (χ0n) is 15.1. The van der Waals surface area contributed by atoms with Crippen molar-refractivity contribution < 1.29 is 9.53 Å². The van der Waals surface area contributed by atoms with Crippen molar-refractivity contribution in [1.29, 1.82) is 0 Å². The number of nitrogens with zero attached hydrogens (tertiary/aromatic N) is 2. The van der Waals surface area contributed by atoms with Crippen molar-refractivity contribution in [2.45, 2.75) is 32.3 Å². The SMILES string of the molecule is Cc1ccc(C2c3c(n(C)[nH]c3=O)N=C3COC(C)(C)C(=O)C32)cc1Br. The zero-order chi connectivity index (χ0) is 18.8. The maximum absolute atomic E-state index is 13.2. The maximum atomic E-state index is 13.2. The highest BCUT2D eigenvalue weighted by atomic mass is 79.9. The second-order valence-corrected chi connectivity index (χ2v) is 8.32. The third-order valence-electron chi connectivity index (χ3n) is 5.34. The first-order chi connectivity index (χ1) is 12.2. The van der Waals surface area contributed by atoms with Crippen molar-refractivity contribution >= 4 is 33.2 Å². The summed E-state index contributed by atoms with van der Waals surface area (Å²) >= 11 is 3.57. The summed E-state index contributed by atoms with van der Waals surface area (Å²) in [7, 11) is 1.75. The lowest BCUT2D eigenvalue weighted by atomic mass is 9.70. The number of ketones is 1. The van der Waals surface area contributed by atoms with Gasteiger partial charge in [0, 0.05) is 17.4 Å². The summed E-state index contributed by atoms with van der Waals surface area (Å²) in [6.45, 7) is 5.84. The Morgan fingerprint density at radius 2 is 2.04 bits per heavy atom. The topological polar surface area (TPSA) is 76.4 Å². The third kappa shape index (κ3) is 2.45. The van der Waals surface area contributed by atoms with E-state index in [1.54, 1.807) is 25.6 Å². The highest BCUT2D eigenvalue weighted by Crippen LogP contribution is 2.45. The summed E-state index contributed by atoms with van der Waals surface area (Å²) in [5.74, 6) is -0.350. The van der Waals surface area contributed by atoms with Gasteiger partial charge in [-0.25, -0.2) is 4.99 Å². The lowest BCUT2D eigenvalue weighted by Gasteiger charge is -2.40. The van der Waals surface area contributed by atoms with Gasteiger partial charge in [-0.15, -0.1) is 0 Å². The van der Waals surface area contributed by atoms with E-state index in [-0.39, 0.29) is 23.9 Å². The molecular weight excluding hydrogens is 398 g/mol. The van der Waals surface area contributed by atoms with Crippen LogP contribution in [0.15, 0.2) is 32.5 Å². The van der Waals surface area contributed by atoms with E-state index < -0.39 is 11.5 Å². The maximum Gasteiger partial charge on any atom is 0.270 e. The van der Waals surface area contributed by atoms with Gasteiger partial charge in [0.25, 0.3) is 5.56 Å². The molecule has 1 aromatic carbocycles. The Kier molecular flexibility index (Phi) is 3.86. The molecule has 3 heterocycles. The molecule has 1 fully saturated rings. The van der Waals surface area contributed by atoms with Gasteiger partial charge in [0.15, 0.2) is 11.6 Å². The molecule has 1 aromatic heterocycles. The quantitative estimate of drug-likeness (QED) is 0.774. The molecule has 2 unspecified atom stereocenters. The van der Waals surface area contributed by atoms with Gasteiger partial charge in [0.05, 0.1) is 23.8 Å².